The fourth-order valence-electron chi connectivity index (χ4n) is 1.57. The lowest BCUT2D eigenvalue weighted by Crippen LogP contribution is -2.44. The van der Waals surface area contributed by atoms with Gasteiger partial charge in [0.05, 0.1) is 12.0 Å². The van der Waals surface area contributed by atoms with Gasteiger partial charge >= 0.3 is 0 Å². The standard InChI is InChI=1S/C15H22BrNO2/c1-10(2)15(4,19)9-17-14(18)8-12-5-6-13(16)7-11(12)3/h5-7,10,19H,8-9H2,1-4H3,(H,17,18). The molecule has 0 saturated heterocycles. The number of halogens is 1. The molecule has 106 valence electrons. The number of hydrogen-bond donors (Lipinski definition) is 2. The zero-order chi connectivity index (χ0) is 14.6. The number of carbonyl (C=O) groups excluding carboxylic acids is 1. The summed E-state index contributed by atoms with van der Waals surface area (Å²) in [5.74, 6) is 0.0357. The van der Waals surface area contributed by atoms with E-state index in [0.29, 0.717) is 6.42 Å². The molecule has 0 saturated carbocycles. The van der Waals surface area contributed by atoms with Gasteiger partial charge in [0.1, 0.15) is 0 Å². The van der Waals surface area contributed by atoms with Crippen molar-refractivity contribution in [3.8, 4) is 0 Å². The molecule has 1 aromatic carbocycles. The quantitative estimate of drug-likeness (QED) is 0.873. The second kappa shape index (κ2) is 6.53. The number of nitrogens with one attached hydrogen (secondary N) is 1. The topological polar surface area (TPSA) is 49.3 Å². The Morgan fingerprint density at radius 3 is 2.63 bits per heavy atom. The molecule has 0 aliphatic heterocycles. The summed E-state index contributed by atoms with van der Waals surface area (Å²) in [4.78, 5) is 11.9. The predicted molar refractivity (Wildman–Crippen MR) is 81.1 cm³/mol. The Morgan fingerprint density at radius 1 is 1.47 bits per heavy atom. The average molecular weight is 328 g/mol. The first kappa shape index (κ1) is 16.2. The fourth-order valence-corrected chi connectivity index (χ4v) is 2.05. The predicted octanol–water partition coefficient (Wildman–Crippen LogP) is 2.82. The first-order chi connectivity index (χ1) is 8.72. The van der Waals surface area contributed by atoms with Crippen LogP contribution in [0.4, 0.5) is 0 Å². The molecule has 1 aromatic rings. The molecule has 0 aromatic heterocycles. The molecule has 1 atom stereocenters. The van der Waals surface area contributed by atoms with Gasteiger partial charge in [0.25, 0.3) is 0 Å². The second-order valence-corrected chi connectivity index (χ2v) is 6.45. The molecule has 0 fully saturated rings. The van der Waals surface area contributed by atoms with Gasteiger partial charge in [-0.2, -0.15) is 0 Å². The van der Waals surface area contributed by atoms with Gasteiger partial charge in [-0.3, -0.25) is 4.79 Å². The SMILES string of the molecule is Cc1cc(Br)ccc1CC(=O)NCC(C)(O)C(C)C. The van der Waals surface area contributed by atoms with Crippen molar-refractivity contribution in [1.29, 1.82) is 0 Å². The van der Waals surface area contributed by atoms with Crippen LogP contribution in [0.5, 0.6) is 0 Å². The van der Waals surface area contributed by atoms with Gasteiger partial charge < -0.3 is 10.4 Å². The summed E-state index contributed by atoms with van der Waals surface area (Å²) in [6, 6.07) is 5.87. The van der Waals surface area contributed by atoms with Gasteiger partial charge in [-0.1, -0.05) is 35.8 Å². The molecule has 3 nitrogen and oxygen atoms in total. The van der Waals surface area contributed by atoms with Gasteiger partial charge in [0, 0.05) is 11.0 Å². The Morgan fingerprint density at radius 2 is 2.11 bits per heavy atom. The van der Waals surface area contributed by atoms with Gasteiger partial charge in [0.2, 0.25) is 5.91 Å². The van der Waals surface area contributed by atoms with Crippen LogP contribution in [0.15, 0.2) is 22.7 Å². The third-order valence-corrected chi connectivity index (χ3v) is 4.04. The van der Waals surface area contributed by atoms with Crippen molar-refractivity contribution in [3.05, 3.63) is 33.8 Å². The van der Waals surface area contributed by atoms with Crippen LogP contribution >= 0.6 is 15.9 Å². The lowest BCUT2D eigenvalue weighted by molar-refractivity contribution is -0.122. The maximum Gasteiger partial charge on any atom is 0.224 e. The minimum absolute atomic E-state index is 0.0636. The van der Waals surface area contributed by atoms with Crippen LogP contribution in [0.25, 0.3) is 0 Å². The van der Waals surface area contributed by atoms with Gasteiger partial charge in [-0.15, -0.1) is 0 Å². The number of amides is 1. The van der Waals surface area contributed by atoms with Crippen LogP contribution < -0.4 is 5.32 Å². The summed E-state index contributed by atoms with van der Waals surface area (Å²) >= 11 is 3.40. The highest BCUT2D eigenvalue weighted by Gasteiger charge is 2.25. The lowest BCUT2D eigenvalue weighted by Gasteiger charge is -2.27. The third-order valence-electron chi connectivity index (χ3n) is 3.54. The fraction of sp³-hybridized carbons (Fsp3) is 0.533. The van der Waals surface area contributed by atoms with E-state index >= 15 is 0 Å². The molecular formula is C15H22BrNO2. The minimum atomic E-state index is -0.871. The Kier molecular flexibility index (Phi) is 5.56. The van der Waals surface area contributed by atoms with Crippen molar-refractivity contribution in [3.63, 3.8) is 0 Å². The number of rotatable bonds is 5. The van der Waals surface area contributed by atoms with Crippen LogP contribution in [0.1, 0.15) is 31.9 Å². The van der Waals surface area contributed by atoms with Crippen molar-refractivity contribution in [2.45, 2.75) is 39.7 Å². The molecule has 1 rings (SSSR count). The van der Waals surface area contributed by atoms with E-state index in [0.717, 1.165) is 15.6 Å². The minimum Gasteiger partial charge on any atom is -0.388 e. The summed E-state index contributed by atoms with van der Waals surface area (Å²) in [5, 5.41) is 12.9. The number of aliphatic hydroxyl groups is 1. The van der Waals surface area contributed by atoms with Gasteiger partial charge in [0.15, 0.2) is 0 Å². The Labute approximate surface area is 123 Å². The van der Waals surface area contributed by atoms with Crippen LogP contribution in [-0.2, 0) is 11.2 Å². The van der Waals surface area contributed by atoms with E-state index < -0.39 is 5.60 Å². The molecule has 1 amide bonds. The molecule has 0 heterocycles. The van der Waals surface area contributed by atoms with Crippen molar-refractivity contribution in [2.75, 3.05) is 6.54 Å². The monoisotopic (exact) mass is 327 g/mol. The van der Waals surface area contributed by atoms with E-state index in [1.165, 1.54) is 0 Å². The maximum atomic E-state index is 11.9. The van der Waals surface area contributed by atoms with Crippen LogP contribution in [0.3, 0.4) is 0 Å². The van der Waals surface area contributed by atoms with E-state index in [-0.39, 0.29) is 18.4 Å². The van der Waals surface area contributed by atoms with Crippen LogP contribution in [-0.4, -0.2) is 23.2 Å². The maximum absolute atomic E-state index is 11.9. The smallest absolute Gasteiger partial charge is 0.224 e. The third kappa shape index (κ3) is 4.96. The molecule has 0 bridgehead atoms. The van der Waals surface area contributed by atoms with E-state index in [9.17, 15) is 9.90 Å². The number of aryl methyl sites for hydroxylation is 1. The van der Waals surface area contributed by atoms with Crippen LogP contribution in [0.2, 0.25) is 0 Å². The summed E-state index contributed by atoms with van der Waals surface area (Å²) in [6.45, 7) is 7.87. The van der Waals surface area contributed by atoms with Crippen molar-refractivity contribution in [1.82, 2.24) is 5.32 Å². The molecule has 0 spiro atoms. The molecule has 19 heavy (non-hydrogen) atoms. The Balaban J connectivity index is 2.57. The summed E-state index contributed by atoms with van der Waals surface area (Å²) in [6.07, 6.45) is 0.341. The Bertz CT molecular complexity index is 455. The highest BCUT2D eigenvalue weighted by atomic mass is 79.9. The molecule has 4 heteroatoms. The first-order valence-electron chi connectivity index (χ1n) is 6.46. The zero-order valence-corrected chi connectivity index (χ0v) is 13.5. The van der Waals surface area contributed by atoms with E-state index in [1.807, 2.05) is 39.0 Å². The second-order valence-electron chi connectivity index (χ2n) is 5.54. The van der Waals surface area contributed by atoms with Gasteiger partial charge in [-0.05, 0) is 43.0 Å². The van der Waals surface area contributed by atoms with E-state index in [1.54, 1.807) is 6.92 Å². The Hall–Kier alpha value is -0.870. The normalized spacial score (nSPS) is 14.3. The lowest BCUT2D eigenvalue weighted by atomic mass is 9.92. The summed E-state index contributed by atoms with van der Waals surface area (Å²) in [7, 11) is 0. The van der Waals surface area contributed by atoms with E-state index in [4.69, 9.17) is 0 Å². The van der Waals surface area contributed by atoms with Crippen molar-refractivity contribution >= 4 is 21.8 Å². The molecule has 2 N–H and O–H groups in total. The van der Waals surface area contributed by atoms with Crippen LogP contribution in [0, 0.1) is 12.8 Å². The number of carbonyl (C=O) groups is 1. The number of benzene rings is 1. The van der Waals surface area contributed by atoms with Crippen molar-refractivity contribution in [2.24, 2.45) is 5.92 Å². The molecule has 0 aliphatic rings. The molecule has 0 radical (unpaired) electrons. The zero-order valence-electron chi connectivity index (χ0n) is 12.0. The highest BCUT2D eigenvalue weighted by Crippen LogP contribution is 2.17. The van der Waals surface area contributed by atoms with E-state index in [2.05, 4.69) is 21.2 Å². The molecule has 1 unspecified atom stereocenters. The highest BCUT2D eigenvalue weighted by molar-refractivity contribution is 9.10. The molecule has 0 aliphatic carbocycles. The summed E-state index contributed by atoms with van der Waals surface area (Å²) in [5.41, 5.74) is 1.22. The largest absolute Gasteiger partial charge is 0.388 e. The first-order valence-corrected chi connectivity index (χ1v) is 7.26. The number of hydrogen-bond acceptors (Lipinski definition) is 2. The van der Waals surface area contributed by atoms with Crippen molar-refractivity contribution < 1.29 is 9.90 Å². The molecular weight excluding hydrogens is 306 g/mol. The summed E-state index contributed by atoms with van der Waals surface area (Å²) < 4.78 is 1.01. The average Bonchev–Trinajstić information content (AvgIpc) is 2.30. The van der Waals surface area contributed by atoms with Gasteiger partial charge in [-0.25, -0.2) is 0 Å².